The minimum Gasteiger partial charge on any atom is -0.508 e. The summed E-state index contributed by atoms with van der Waals surface area (Å²) in [5.41, 5.74) is 5.82. The van der Waals surface area contributed by atoms with Gasteiger partial charge in [-0.25, -0.2) is 0 Å². The van der Waals surface area contributed by atoms with Crippen LogP contribution in [0.15, 0.2) is 46.1 Å². The van der Waals surface area contributed by atoms with Gasteiger partial charge in [0.2, 0.25) is 0 Å². The van der Waals surface area contributed by atoms with E-state index in [1.165, 1.54) is 11.1 Å². The van der Waals surface area contributed by atoms with Gasteiger partial charge in [-0.15, -0.1) is 0 Å². The van der Waals surface area contributed by atoms with Crippen molar-refractivity contribution >= 4 is 11.8 Å². The standard InChI is InChI=1S/C15H17NO/c1-4-14-10(2)15(16-11(14)3)9-12-5-7-13(17)8-6-12/h5-9,17H,4H2,1-3H3/b15-9-. The predicted octanol–water partition coefficient (Wildman–Crippen LogP) is 3.93. The molecule has 0 aliphatic carbocycles. The number of hydrogen-bond acceptors (Lipinski definition) is 2. The Kier molecular flexibility index (Phi) is 3.14. The highest BCUT2D eigenvalue weighted by molar-refractivity contribution is 6.03. The van der Waals surface area contributed by atoms with Crippen molar-refractivity contribution in [2.24, 2.45) is 4.99 Å². The summed E-state index contributed by atoms with van der Waals surface area (Å²) in [5.74, 6) is 0.291. The van der Waals surface area contributed by atoms with Crippen molar-refractivity contribution in [3.05, 3.63) is 46.7 Å². The van der Waals surface area contributed by atoms with Crippen molar-refractivity contribution in [1.82, 2.24) is 0 Å². The SMILES string of the molecule is CCC1=C(C)/C(=C/c2ccc(O)cc2)N=C1C. The number of phenols is 1. The van der Waals surface area contributed by atoms with E-state index < -0.39 is 0 Å². The lowest BCUT2D eigenvalue weighted by atomic mass is 10.0. The van der Waals surface area contributed by atoms with Gasteiger partial charge < -0.3 is 5.11 Å². The maximum atomic E-state index is 9.23. The lowest BCUT2D eigenvalue weighted by molar-refractivity contribution is 0.475. The number of aliphatic imine (C=N–C) groups is 1. The van der Waals surface area contributed by atoms with Gasteiger partial charge in [-0.3, -0.25) is 4.99 Å². The van der Waals surface area contributed by atoms with Crippen LogP contribution < -0.4 is 0 Å². The molecule has 0 saturated carbocycles. The molecule has 0 unspecified atom stereocenters. The molecule has 0 saturated heterocycles. The molecule has 2 nitrogen and oxygen atoms in total. The van der Waals surface area contributed by atoms with E-state index in [1.807, 2.05) is 12.1 Å². The molecule has 0 amide bonds. The van der Waals surface area contributed by atoms with E-state index in [0.29, 0.717) is 5.75 Å². The molecule has 0 spiro atoms. The normalized spacial score (nSPS) is 17.8. The Morgan fingerprint density at radius 2 is 1.82 bits per heavy atom. The number of phenolic OH excluding ortho intramolecular Hbond substituents is 1. The van der Waals surface area contributed by atoms with Crippen LogP contribution in [0.2, 0.25) is 0 Å². The average Bonchev–Trinajstić information content (AvgIpc) is 2.57. The lowest BCUT2D eigenvalue weighted by Gasteiger charge is -2.00. The minimum absolute atomic E-state index is 0.291. The summed E-state index contributed by atoms with van der Waals surface area (Å²) in [7, 11) is 0. The highest BCUT2D eigenvalue weighted by Gasteiger charge is 2.15. The van der Waals surface area contributed by atoms with E-state index in [-0.39, 0.29) is 0 Å². The predicted molar refractivity (Wildman–Crippen MR) is 72.2 cm³/mol. The van der Waals surface area contributed by atoms with Gasteiger partial charge >= 0.3 is 0 Å². The summed E-state index contributed by atoms with van der Waals surface area (Å²) in [6.07, 6.45) is 3.08. The summed E-state index contributed by atoms with van der Waals surface area (Å²) in [4.78, 5) is 4.58. The molecule has 0 atom stereocenters. The third-order valence-electron chi connectivity index (χ3n) is 3.11. The van der Waals surface area contributed by atoms with Crippen molar-refractivity contribution < 1.29 is 5.11 Å². The second kappa shape index (κ2) is 4.58. The molecule has 0 bridgehead atoms. The highest BCUT2D eigenvalue weighted by atomic mass is 16.3. The molecule has 1 N–H and O–H groups in total. The van der Waals surface area contributed by atoms with E-state index in [9.17, 15) is 5.11 Å². The van der Waals surface area contributed by atoms with Crippen LogP contribution >= 0.6 is 0 Å². The van der Waals surface area contributed by atoms with Crippen LogP contribution in [0, 0.1) is 0 Å². The topological polar surface area (TPSA) is 32.6 Å². The van der Waals surface area contributed by atoms with Crippen molar-refractivity contribution in [1.29, 1.82) is 0 Å². The van der Waals surface area contributed by atoms with Gasteiger partial charge in [0.05, 0.1) is 5.70 Å². The molecule has 1 heterocycles. The minimum atomic E-state index is 0.291. The molecular formula is C15H17NO. The zero-order valence-corrected chi connectivity index (χ0v) is 10.5. The van der Waals surface area contributed by atoms with Gasteiger partial charge in [-0.1, -0.05) is 19.1 Å². The third-order valence-corrected chi connectivity index (χ3v) is 3.11. The number of hydrogen-bond donors (Lipinski definition) is 1. The smallest absolute Gasteiger partial charge is 0.115 e. The number of aromatic hydroxyl groups is 1. The number of rotatable bonds is 2. The molecule has 2 rings (SSSR count). The number of allylic oxidation sites excluding steroid dienone is 2. The van der Waals surface area contributed by atoms with Crippen molar-refractivity contribution in [2.45, 2.75) is 27.2 Å². The van der Waals surface area contributed by atoms with Crippen LogP contribution in [0.1, 0.15) is 32.8 Å². The van der Waals surface area contributed by atoms with Gasteiger partial charge in [0, 0.05) is 5.71 Å². The van der Waals surface area contributed by atoms with E-state index >= 15 is 0 Å². The second-order valence-corrected chi connectivity index (χ2v) is 4.28. The monoisotopic (exact) mass is 227 g/mol. The molecule has 0 fully saturated rings. The quantitative estimate of drug-likeness (QED) is 0.815. The third kappa shape index (κ3) is 2.31. The van der Waals surface area contributed by atoms with Gasteiger partial charge in [0.25, 0.3) is 0 Å². The fourth-order valence-corrected chi connectivity index (χ4v) is 2.15. The summed E-state index contributed by atoms with van der Waals surface area (Å²) in [6, 6.07) is 7.17. The average molecular weight is 227 g/mol. The summed E-state index contributed by atoms with van der Waals surface area (Å²) >= 11 is 0. The largest absolute Gasteiger partial charge is 0.508 e. The first-order chi connectivity index (χ1) is 8.11. The van der Waals surface area contributed by atoms with Crippen LogP contribution in [0.5, 0.6) is 5.75 Å². The van der Waals surface area contributed by atoms with Crippen LogP contribution in [0.4, 0.5) is 0 Å². The molecule has 1 aliphatic rings. The molecular weight excluding hydrogens is 210 g/mol. The van der Waals surface area contributed by atoms with Gasteiger partial charge in [0.15, 0.2) is 0 Å². The molecule has 1 aliphatic heterocycles. The highest BCUT2D eigenvalue weighted by Crippen LogP contribution is 2.28. The van der Waals surface area contributed by atoms with Gasteiger partial charge in [-0.05, 0) is 55.2 Å². The Balaban J connectivity index is 2.37. The summed E-state index contributed by atoms with van der Waals surface area (Å²) < 4.78 is 0. The van der Waals surface area contributed by atoms with E-state index in [4.69, 9.17) is 0 Å². The first-order valence-electron chi connectivity index (χ1n) is 5.88. The lowest BCUT2D eigenvalue weighted by Crippen LogP contribution is -1.91. The first kappa shape index (κ1) is 11.6. The van der Waals surface area contributed by atoms with E-state index in [0.717, 1.165) is 23.4 Å². The molecule has 17 heavy (non-hydrogen) atoms. The van der Waals surface area contributed by atoms with Crippen molar-refractivity contribution in [3.63, 3.8) is 0 Å². The fourth-order valence-electron chi connectivity index (χ4n) is 2.15. The summed E-state index contributed by atoms with van der Waals surface area (Å²) in [6.45, 7) is 6.33. The molecule has 1 aromatic rings. The molecule has 88 valence electrons. The van der Waals surface area contributed by atoms with E-state index in [2.05, 4.69) is 31.8 Å². The van der Waals surface area contributed by atoms with Crippen LogP contribution in [0.25, 0.3) is 6.08 Å². The Morgan fingerprint density at radius 3 is 2.35 bits per heavy atom. The van der Waals surface area contributed by atoms with E-state index in [1.54, 1.807) is 12.1 Å². The molecule has 1 aromatic carbocycles. The Labute approximate surface area is 102 Å². The Hall–Kier alpha value is -1.83. The van der Waals surface area contributed by atoms with Crippen LogP contribution in [-0.2, 0) is 0 Å². The zero-order chi connectivity index (χ0) is 12.4. The van der Waals surface area contributed by atoms with Crippen molar-refractivity contribution in [3.8, 4) is 5.75 Å². The number of nitrogens with zero attached hydrogens (tertiary/aromatic N) is 1. The zero-order valence-electron chi connectivity index (χ0n) is 10.5. The fraction of sp³-hybridized carbons (Fsp3) is 0.267. The molecule has 0 radical (unpaired) electrons. The van der Waals surface area contributed by atoms with Gasteiger partial charge in [-0.2, -0.15) is 0 Å². The number of benzene rings is 1. The Morgan fingerprint density at radius 1 is 1.18 bits per heavy atom. The molecule has 2 heteroatoms. The maximum Gasteiger partial charge on any atom is 0.115 e. The first-order valence-corrected chi connectivity index (χ1v) is 5.88. The van der Waals surface area contributed by atoms with Gasteiger partial charge in [0.1, 0.15) is 5.75 Å². The van der Waals surface area contributed by atoms with Crippen LogP contribution in [0.3, 0.4) is 0 Å². The maximum absolute atomic E-state index is 9.23. The summed E-state index contributed by atoms with van der Waals surface area (Å²) in [5, 5.41) is 9.23. The molecule has 0 aromatic heterocycles. The Bertz CT molecular complexity index is 518. The van der Waals surface area contributed by atoms with Crippen LogP contribution in [-0.4, -0.2) is 10.8 Å². The van der Waals surface area contributed by atoms with Crippen molar-refractivity contribution in [2.75, 3.05) is 0 Å². The second-order valence-electron chi connectivity index (χ2n) is 4.28.